The minimum Gasteiger partial charge on any atom is -0.497 e. The molecule has 3 unspecified atom stereocenters. The van der Waals surface area contributed by atoms with E-state index in [1.807, 2.05) is 84.0 Å². The van der Waals surface area contributed by atoms with Crippen molar-refractivity contribution in [2.45, 2.75) is 111 Å². The van der Waals surface area contributed by atoms with Crippen LogP contribution in [0.15, 0.2) is 66.7 Å². The highest BCUT2D eigenvalue weighted by atomic mass is 16.5. The zero-order valence-corrected chi connectivity index (χ0v) is 32.8. The number of benzene rings is 3. The fraction of sp³-hybridized carbons (Fsp3) is 0.524. The van der Waals surface area contributed by atoms with Crippen molar-refractivity contribution >= 4 is 34.6 Å². The first-order valence-corrected chi connectivity index (χ1v) is 19.0. The van der Waals surface area contributed by atoms with E-state index in [1.165, 1.54) is 0 Å². The molecule has 54 heavy (non-hydrogen) atoms. The number of aliphatic hydroxyl groups excluding tert-OH is 2. The maximum atomic E-state index is 14.1. The molecule has 0 saturated carbocycles. The van der Waals surface area contributed by atoms with Gasteiger partial charge >= 0.3 is 6.09 Å². The van der Waals surface area contributed by atoms with Gasteiger partial charge in [0.1, 0.15) is 24.4 Å². The Hall–Kier alpha value is -4.68. The number of carbonyl (C=O) groups excluding carboxylic acids is 4. The van der Waals surface area contributed by atoms with Gasteiger partial charge in [0.25, 0.3) is 0 Å². The van der Waals surface area contributed by atoms with Crippen molar-refractivity contribution in [3.8, 4) is 5.75 Å². The van der Waals surface area contributed by atoms with Crippen LogP contribution < -0.4 is 26.0 Å². The smallest absolute Gasteiger partial charge is 0.408 e. The summed E-state index contributed by atoms with van der Waals surface area (Å²) in [6.45, 7) is 11.4. The Balaban J connectivity index is 1.81. The molecule has 3 aromatic carbocycles. The van der Waals surface area contributed by atoms with Gasteiger partial charge in [-0.1, -0.05) is 103 Å². The minimum absolute atomic E-state index is 0.00444. The van der Waals surface area contributed by atoms with Crippen LogP contribution in [0, 0.1) is 17.8 Å². The van der Waals surface area contributed by atoms with Crippen molar-refractivity contribution < 1.29 is 38.9 Å². The van der Waals surface area contributed by atoms with Crippen molar-refractivity contribution in [1.82, 2.24) is 21.3 Å². The maximum Gasteiger partial charge on any atom is 0.408 e. The van der Waals surface area contributed by atoms with Crippen LogP contribution in [0.2, 0.25) is 0 Å². The summed E-state index contributed by atoms with van der Waals surface area (Å²) in [6, 6.07) is 17.2. The molecule has 0 aliphatic carbocycles. The molecule has 0 bridgehead atoms. The highest BCUT2D eigenvalue weighted by Gasteiger charge is 2.32. The SMILES string of the molecule is CCC(C)[C@@H](CO)NC(=O)CC(O)C(CC(C)C)NC(=O)[C@H](CC(C)C)NC(=O)[C@H](Cc1cccc2ccccc12)NC(=O)OCc1ccc(OC)cc1. The van der Waals surface area contributed by atoms with Crippen LogP contribution in [0.5, 0.6) is 5.75 Å². The number of amides is 4. The lowest BCUT2D eigenvalue weighted by Gasteiger charge is -2.30. The molecular formula is C42H60N4O8. The van der Waals surface area contributed by atoms with Crippen molar-refractivity contribution in [2.24, 2.45) is 17.8 Å². The third-order valence-corrected chi connectivity index (χ3v) is 9.57. The molecule has 0 fully saturated rings. The van der Waals surface area contributed by atoms with Crippen LogP contribution in [-0.2, 0) is 32.1 Å². The fourth-order valence-electron chi connectivity index (χ4n) is 6.28. The quantitative estimate of drug-likeness (QED) is 0.0881. The van der Waals surface area contributed by atoms with E-state index in [-0.39, 0.29) is 50.2 Å². The summed E-state index contributed by atoms with van der Waals surface area (Å²) in [6.07, 6.45) is -0.763. The summed E-state index contributed by atoms with van der Waals surface area (Å²) < 4.78 is 10.7. The molecule has 12 nitrogen and oxygen atoms in total. The minimum atomic E-state index is -1.22. The van der Waals surface area contributed by atoms with Gasteiger partial charge in [0, 0.05) is 6.42 Å². The number of ether oxygens (including phenoxy) is 2. The molecule has 6 atom stereocenters. The second-order valence-electron chi connectivity index (χ2n) is 14.9. The molecule has 0 heterocycles. The Morgan fingerprint density at radius 3 is 2.02 bits per heavy atom. The number of hydrogen-bond acceptors (Lipinski definition) is 8. The summed E-state index contributed by atoms with van der Waals surface area (Å²) in [4.78, 5) is 54.1. The van der Waals surface area contributed by atoms with E-state index in [0.717, 1.165) is 28.3 Å². The summed E-state index contributed by atoms with van der Waals surface area (Å²) >= 11 is 0. The van der Waals surface area contributed by atoms with Crippen molar-refractivity contribution in [2.75, 3.05) is 13.7 Å². The number of hydrogen-bond donors (Lipinski definition) is 6. The Bertz CT molecular complexity index is 1640. The maximum absolute atomic E-state index is 14.1. The second kappa shape index (κ2) is 21.9. The molecule has 0 aromatic heterocycles. The molecular weight excluding hydrogens is 688 g/mol. The molecule has 12 heteroatoms. The molecule has 296 valence electrons. The van der Waals surface area contributed by atoms with Gasteiger partial charge in [-0.25, -0.2) is 4.79 Å². The lowest BCUT2D eigenvalue weighted by Crippen LogP contribution is -2.57. The van der Waals surface area contributed by atoms with E-state index in [0.29, 0.717) is 12.2 Å². The van der Waals surface area contributed by atoms with Gasteiger partial charge in [-0.05, 0) is 64.6 Å². The van der Waals surface area contributed by atoms with Crippen molar-refractivity contribution in [3.63, 3.8) is 0 Å². The standard InChI is InChI=1S/C42H60N4O8/c1-8-28(6)37(24-47)43-39(49)23-38(48)34(20-26(2)3)44-40(50)35(21-27(4)5)45-41(51)36(22-31-14-11-13-30-12-9-10-15-33(30)31)46-42(52)54-25-29-16-18-32(53-7)19-17-29/h9-19,26-28,34-38,47-48H,8,20-25H2,1-7H3,(H,43,49)(H,44,50)(H,45,51)(H,46,52)/t28?,34?,35-,36-,37+,38?/m0/s1. The average molecular weight is 749 g/mol. The third kappa shape index (κ3) is 13.9. The van der Waals surface area contributed by atoms with Gasteiger partial charge in [0.2, 0.25) is 17.7 Å². The van der Waals surface area contributed by atoms with Crippen molar-refractivity contribution in [1.29, 1.82) is 0 Å². The molecule has 3 aromatic rings. The van der Waals surface area contributed by atoms with E-state index in [4.69, 9.17) is 9.47 Å². The van der Waals surface area contributed by atoms with Gasteiger partial charge in [-0.15, -0.1) is 0 Å². The van der Waals surface area contributed by atoms with Gasteiger partial charge in [0.15, 0.2) is 0 Å². The number of aliphatic hydroxyl groups is 2. The summed E-state index contributed by atoms with van der Waals surface area (Å²) in [7, 11) is 1.56. The van der Waals surface area contributed by atoms with Crippen LogP contribution in [-0.4, -0.2) is 78.0 Å². The number of fused-ring (bicyclic) bond motifs is 1. The molecule has 4 amide bonds. The van der Waals surface area contributed by atoms with Crippen LogP contribution in [0.4, 0.5) is 4.79 Å². The number of rotatable bonds is 21. The zero-order chi connectivity index (χ0) is 39.8. The Kier molecular flexibility index (Phi) is 17.7. The first-order chi connectivity index (χ1) is 25.7. The predicted octanol–water partition coefficient (Wildman–Crippen LogP) is 5.02. The molecule has 0 spiro atoms. The Morgan fingerprint density at radius 2 is 1.39 bits per heavy atom. The lowest BCUT2D eigenvalue weighted by molar-refractivity contribution is -0.132. The van der Waals surface area contributed by atoms with E-state index in [9.17, 15) is 29.4 Å². The van der Waals surface area contributed by atoms with Gasteiger partial charge < -0.3 is 41.0 Å². The number of nitrogens with one attached hydrogen (secondary N) is 4. The predicted molar refractivity (Wildman–Crippen MR) is 210 cm³/mol. The first kappa shape index (κ1) is 43.7. The van der Waals surface area contributed by atoms with Gasteiger partial charge in [-0.2, -0.15) is 0 Å². The first-order valence-electron chi connectivity index (χ1n) is 19.0. The molecule has 0 aliphatic rings. The average Bonchev–Trinajstić information content (AvgIpc) is 3.14. The molecule has 0 aliphatic heterocycles. The van der Waals surface area contributed by atoms with E-state index < -0.39 is 54.1 Å². The topological polar surface area (TPSA) is 175 Å². The third-order valence-electron chi connectivity index (χ3n) is 9.57. The largest absolute Gasteiger partial charge is 0.497 e. The van der Waals surface area contributed by atoms with E-state index in [1.54, 1.807) is 31.4 Å². The molecule has 0 radical (unpaired) electrons. The monoisotopic (exact) mass is 748 g/mol. The lowest BCUT2D eigenvalue weighted by atomic mass is 9.95. The fourth-order valence-corrected chi connectivity index (χ4v) is 6.28. The van der Waals surface area contributed by atoms with Crippen LogP contribution in [0.3, 0.4) is 0 Å². The summed E-state index contributed by atoms with van der Waals surface area (Å²) in [5.41, 5.74) is 1.55. The molecule has 3 rings (SSSR count). The number of carbonyl (C=O) groups is 4. The molecule has 0 saturated heterocycles. The van der Waals surface area contributed by atoms with Crippen LogP contribution >= 0.6 is 0 Å². The van der Waals surface area contributed by atoms with Crippen LogP contribution in [0.1, 0.15) is 78.4 Å². The van der Waals surface area contributed by atoms with E-state index in [2.05, 4.69) is 21.3 Å². The second-order valence-corrected chi connectivity index (χ2v) is 14.9. The Labute approximate surface area is 319 Å². The van der Waals surface area contributed by atoms with Crippen LogP contribution in [0.25, 0.3) is 10.8 Å². The summed E-state index contributed by atoms with van der Waals surface area (Å²) in [5, 5.41) is 34.2. The highest BCUT2D eigenvalue weighted by Crippen LogP contribution is 2.21. The van der Waals surface area contributed by atoms with Crippen molar-refractivity contribution in [3.05, 3.63) is 77.9 Å². The number of methoxy groups -OCH3 is 1. The highest BCUT2D eigenvalue weighted by molar-refractivity contribution is 5.93. The zero-order valence-electron chi connectivity index (χ0n) is 32.8. The van der Waals surface area contributed by atoms with Gasteiger partial charge in [0.05, 0.1) is 38.3 Å². The Morgan fingerprint density at radius 1 is 0.741 bits per heavy atom. The molecule has 6 N–H and O–H groups in total. The summed E-state index contributed by atoms with van der Waals surface area (Å²) in [5.74, 6) is -0.759. The van der Waals surface area contributed by atoms with Gasteiger partial charge in [-0.3, -0.25) is 14.4 Å². The van der Waals surface area contributed by atoms with E-state index >= 15 is 0 Å². The normalized spacial score (nSPS) is 14.7. The number of alkyl carbamates (subject to hydrolysis) is 1.